The van der Waals surface area contributed by atoms with Crippen molar-refractivity contribution < 1.29 is 14.1 Å². The molecule has 2 aromatic heterocycles. The molecule has 3 N–H and O–H groups in total. The number of hydrogen-bond acceptors (Lipinski definition) is 6. The van der Waals surface area contributed by atoms with Crippen molar-refractivity contribution in [3.63, 3.8) is 0 Å². The lowest BCUT2D eigenvalue weighted by atomic mass is 10.1. The monoisotopic (exact) mass is 385 g/mol. The first-order valence-electron chi connectivity index (χ1n) is 7.41. The third-order valence-corrected chi connectivity index (χ3v) is 4.64. The van der Waals surface area contributed by atoms with E-state index < -0.39 is 9.73 Å². The van der Waals surface area contributed by atoms with Crippen molar-refractivity contribution in [2.24, 2.45) is 0 Å². The Labute approximate surface area is 154 Å². The molecule has 0 radical (unpaired) electrons. The summed E-state index contributed by atoms with van der Waals surface area (Å²) in [6.45, 7) is -0.250. The lowest BCUT2D eigenvalue weighted by molar-refractivity contribution is -0.122. The predicted octanol–water partition coefficient (Wildman–Crippen LogP) is 1.84. The van der Waals surface area contributed by atoms with Gasteiger partial charge in [-0.1, -0.05) is 12.1 Å². The zero-order valence-electron chi connectivity index (χ0n) is 14.1. The van der Waals surface area contributed by atoms with Crippen molar-refractivity contribution in [3.05, 3.63) is 64.7 Å². The first kappa shape index (κ1) is 19.6. The molecule has 1 atom stereocenters. The first-order chi connectivity index (χ1) is 12.8. The van der Waals surface area contributed by atoms with Crippen LogP contribution in [0.3, 0.4) is 0 Å². The van der Waals surface area contributed by atoms with Crippen LogP contribution in [0.25, 0.3) is 16.9 Å². The highest BCUT2D eigenvalue weighted by Gasteiger charge is 2.11. The van der Waals surface area contributed by atoms with E-state index in [0.717, 1.165) is 0 Å². The molecule has 138 valence electrons. The maximum Gasteiger partial charge on any atom is 0.290 e. The summed E-state index contributed by atoms with van der Waals surface area (Å²) in [7, 11) is -2.84. The SMILES string of the molecule is CS(=N)(=O)c1ccc(-n2[nH]cc(-c3ccc(C#N)cc3)c2=O)nc1.O=CO. The van der Waals surface area contributed by atoms with Crippen LogP contribution < -0.4 is 5.56 Å². The van der Waals surface area contributed by atoms with Crippen molar-refractivity contribution in [2.75, 3.05) is 6.26 Å². The standard InChI is InChI=1S/C16H13N5O2S.CH2O2/c1-24(18,23)13-6-7-15(19-9-13)21-16(22)14(10-20-21)12-4-2-11(8-17)3-5-12;2-1-3/h2-7,9-10,18,20H,1H3;1H,(H,2,3). The van der Waals surface area contributed by atoms with Crippen LogP contribution >= 0.6 is 0 Å². The van der Waals surface area contributed by atoms with Crippen LogP contribution in [0.15, 0.2) is 58.5 Å². The van der Waals surface area contributed by atoms with Gasteiger partial charge in [-0.15, -0.1) is 0 Å². The molecule has 0 aliphatic rings. The third-order valence-electron chi connectivity index (χ3n) is 3.50. The van der Waals surface area contributed by atoms with E-state index in [4.69, 9.17) is 19.9 Å². The van der Waals surface area contributed by atoms with Crippen LogP contribution in [-0.4, -0.2) is 36.8 Å². The topological polar surface area (TPSA) is 153 Å². The number of nitrogens with one attached hydrogen (secondary N) is 2. The number of H-pyrrole nitrogens is 1. The van der Waals surface area contributed by atoms with Crippen LogP contribution in [-0.2, 0) is 14.5 Å². The molecule has 3 aromatic rings. The van der Waals surface area contributed by atoms with Gasteiger partial charge in [0, 0.05) is 18.6 Å². The molecule has 27 heavy (non-hydrogen) atoms. The number of benzene rings is 1. The highest BCUT2D eigenvalue weighted by Crippen LogP contribution is 2.16. The molecular weight excluding hydrogens is 370 g/mol. The Morgan fingerprint density at radius 1 is 1.30 bits per heavy atom. The summed E-state index contributed by atoms with van der Waals surface area (Å²) in [5.74, 6) is 0.340. The second-order valence-electron chi connectivity index (χ2n) is 5.32. The second-order valence-corrected chi connectivity index (χ2v) is 7.48. The molecule has 0 bridgehead atoms. The summed E-state index contributed by atoms with van der Waals surface area (Å²) < 4.78 is 20.5. The van der Waals surface area contributed by atoms with Gasteiger partial charge in [0.25, 0.3) is 12.0 Å². The van der Waals surface area contributed by atoms with Crippen molar-refractivity contribution in [1.29, 1.82) is 10.0 Å². The Morgan fingerprint density at radius 3 is 2.41 bits per heavy atom. The Kier molecular flexibility index (Phi) is 5.89. The Morgan fingerprint density at radius 2 is 1.93 bits per heavy atom. The van der Waals surface area contributed by atoms with E-state index in [2.05, 4.69) is 10.1 Å². The second kappa shape index (κ2) is 8.11. The van der Waals surface area contributed by atoms with Crippen LogP contribution in [0.5, 0.6) is 0 Å². The highest BCUT2D eigenvalue weighted by molar-refractivity contribution is 7.91. The number of carboxylic acid groups (broad SMARTS) is 1. The molecule has 0 saturated heterocycles. The smallest absolute Gasteiger partial charge is 0.290 e. The number of hydrogen-bond donors (Lipinski definition) is 3. The molecule has 0 spiro atoms. The fourth-order valence-corrected chi connectivity index (χ4v) is 2.79. The molecule has 1 unspecified atom stereocenters. The summed E-state index contributed by atoms with van der Waals surface area (Å²) in [6.07, 6.45) is 4.21. The quantitative estimate of drug-likeness (QED) is 0.585. The minimum Gasteiger partial charge on any atom is -0.483 e. The summed E-state index contributed by atoms with van der Waals surface area (Å²) >= 11 is 0. The van der Waals surface area contributed by atoms with Crippen LogP contribution in [0, 0.1) is 16.1 Å². The van der Waals surface area contributed by atoms with Gasteiger partial charge in [0.15, 0.2) is 5.82 Å². The van der Waals surface area contributed by atoms with Gasteiger partial charge in [-0.3, -0.25) is 14.7 Å². The van der Waals surface area contributed by atoms with E-state index in [1.54, 1.807) is 30.5 Å². The average molecular weight is 385 g/mol. The third kappa shape index (κ3) is 4.47. The lowest BCUT2D eigenvalue weighted by Gasteiger charge is -2.03. The van der Waals surface area contributed by atoms with Gasteiger partial charge in [-0.25, -0.2) is 18.7 Å². The molecule has 0 aliphatic heterocycles. The molecule has 0 saturated carbocycles. The van der Waals surface area contributed by atoms with Crippen molar-refractivity contribution in [1.82, 2.24) is 14.8 Å². The largest absolute Gasteiger partial charge is 0.483 e. The maximum atomic E-state index is 12.5. The van der Waals surface area contributed by atoms with Crippen molar-refractivity contribution in [3.8, 4) is 23.0 Å². The molecule has 1 aromatic carbocycles. The van der Waals surface area contributed by atoms with Crippen LogP contribution in [0.1, 0.15) is 5.56 Å². The van der Waals surface area contributed by atoms with Gasteiger partial charge in [0.1, 0.15) is 0 Å². The highest BCUT2D eigenvalue weighted by atomic mass is 32.2. The number of aromatic amines is 1. The number of carbonyl (C=O) groups is 1. The first-order valence-corrected chi connectivity index (χ1v) is 9.37. The molecule has 0 amide bonds. The summed E-state index contributed by atoms with van der Waals surface area (Å²) in [5.41, 5.74) is 1.37. The molecule has 10 heteroatoms. The summed E-state index contributed by atoms with van der Waals surface area (Å²) in [5, 5.41) is 18.5. The lowest BCUT2D eigenvalue weighted by Crippen LogP contribution is -2.17. The summed E-state index contributed by atoms with van der Waals surface area (Å²) in [6, 6.07) is 11.8. The van der Waals surface area contributed by atoms with E-state index in [1.807, 2.05) is 6.07 Å². The van der Waals surface area contributed by atoms with E-state index in [-0.39, 0.29) is 12.0 Å². The maximum absolute atomic E-state index is 12.5. The number of pyridine rings is 1. The number of nitriles is 1. The fraction of sp³-hybridized carbons (Fsp3) is 0.0588. The molecule has 0 aliphatic carbocycles. The van der Waals surface area contributed by atoms with E-state index >= 15 is 0 Å². The fourth-order valence-electron chi connectivity index (χ4n) is 2.21. The van der Waals surface area contributed by atoms with E-state index in [0.29, 0.717) is 27.4 Å². The zero-order chi connectivity index (χ0) is 20.0. The van der Waals surface area contributed by atoms with E-state index in [1.165, 1.54) is 29.3 Å². The molecule has 0 fully saturated rings. The van der Waals surface area contributed by atoms with Crippen molar-refractivity contribution >= 4 is 16.2 Å². The predicted molar refractivity (Wildman–Crippen MR) is 98.1 cm³/mol. The van der Waals surface area contributed by atoms with Gasteiger partial charge in [-0.2, -0.15) is 5.26 Å². The van der Waals surface area contributed by atoms with Crippen LogP contribution in [0.2, 0.25) is 0 Å². The minimum absolute atomic E-state index is 0.250. The molecular formula is C17H15N5O4S. The zero-order valence-corrected chi connectivity index (χ0v) is 14.9. The van der Waals surface area contributed by atoms with Gasteiger partial charge in [-0.05, 0) is 29.8 Å². The van der Waals surface area contributed by atoms with E-state index in [9.17, 15) is 9.00 Å². The van der Waals surface area contributed by atoms with Gasteiger partial charge < -0.3 is 5.11 Å². The Balaban J connectivity index is 0.000000817. The molecule has 2 heterocycles. The minimum atomic E-state index is -2.84. The Hall–Kier alpha value is -3.71. The number of aromatic nitrogens is 3. The summed E-state index contributed by atoms with van der Waals surface area (Å²) in [4.78, 5) is 25.3. The normalized spacial score (nSPS) is 12.1. The molecule has 3 rings (SSSR count). The Bertz CT molecular complexity index is 1140. The average Bonchev–Trinajstić information content (AvgIpc) is 3.03. The van der Waals surface area contributed by atoms with Crippen LogP contribution in [0.4, 0.5) is 0 Å². The molecule has 9 nitrogen and oxygen atoms in total. The van der Waals surface area contributed by atoms with Gasteiger partial charge in [0.05, 0.1) is 31.8 Å². The van der Waals surface area contributed by atoms with Gasteiger partial charge in [0.2, 0.25) is 0 Å². The number of rotatable bonds is 3. The number of nitrogens with zero attached hydrogens (tertiary/aromatic N) is 3. The van der Waals surface area contributed by atoms with Crippen molar-refractivity contribution in [2.45, 2.75) is 4.90 Å². The van der Waals surface area contributed by atoms with Gasteiger partial charge >= 0.3 is 0 Å².